The number of pyridine rings is 1. The van der Waals surface area contributed by atoms with E-state index in [9.17, 15) is 0 Å². The predicted molar refractivity (Wildman–Crippen MR) is 209 cm³/mol. The molecule has 5 nitrogen and oxygen atoms in total. The summed E-state index contributed by atoms with van der Waals surface area (Å²) in [7, 11) is -2.79. The van der Waals surface area contributed by atoms with Gasteiger partial charge in [0.15, 0.2) is 0 Å². The Morgan fingerprint density at radius 1 is 0.784 bits per heavy atom. The number of rotatable bonds is 11. The van der Waals surface area contributed by atoms with Gasteiger partial charge in [-0.05, 0) is 69.8 Å². The molecular weight excluding hydrogens is 645 g/mol. The fourth-order valence-corrected chi connectivity index (χ4v) is 13.5. The third kappa shape index (κ3) is 6.57. The average molecular weight is 693 g/mol. The van der Waals surface area contributed by atoms with E-state index in [1.807, 2.05) is 6.26 Å². The Kier molecular flexibility index (Phi) is 9.41. The molecule has 8 rings (SSSR count). The predicted octanol–water partition coefficient (Wildman–Crippen LogP) is 9.58. The van der Waals surface area contributed by atoms with Crippen molar-refractivity contribution >= 4 is 35.5 Å². The molecule has 0 amide bonds. The maximum Gasteiger partial charge on any atom is 0.261 e. The molecule has 1 N–H and O–H groups in total. The largest absolute Gasteiger partial charge is 0.464 e. The third-order valence-electron chi connectivity index (χ3n) is 11.2. The summed E-state index contributed by atoms with van der Waals surface area (Å²) in [5.74, 6) is 1.32. The van der Waals surface area contributed by atoms with Gasteiger partial charge in [0.05, 0.1) is 37.0 Å². The van der Waals surface area contributed by atoms with Gasteiger partial charge in [-0.2, -0.15) is 0 Å². The third-order valence-corrected chi connectivity index (χ3v) is 16.3. The van der Waals surface area contributed by atoms with Gasteiger partial charge in [0.25, 0.3) is 8.32 Å². The van der Waals surface area contributed by atoms with E-state index in [0.29, 0.717) is 13.2 Å². The monoisotopic (exact) mass is 692 g/mol. The molecule has 4 atom stereocenters. The lowest BCUT2D eigenvalue weighted by atomic mass is 9.96. The van der Waals surface area contributed by atoms with Gasteiger partial charge < -0.3 is 18.9 Å². The van der Waals surface area contributed by atoms with Gasteiger partial charge >= 0.3 is 0 Å². The molecule has 4 aromatic carbocycles. The van der Waals surface area contributed by atoms with E-state index < -0.39 is 8.32 Å². The SMILES string of the molecule is CC(C)(C)[Si](O[C@@H]1C[C@@H](c2cnc(N[C@H]3CCc4ccccc43)c3ccoc23)C[C@H]1COCc1ccccc1)(c1ccccc1)c1ccccc1. The summed E-state index contributed by atoms with van der Waals surface area (Å²) >= 11 is 0. The Labute approximate surface area is 303 Å². The zero-order chi connectivity index (χ0) is 34.8. The second-order valence-corrected chi connectivity index (χ2v) is 19.7. The molecular formula is C45H48N2O3Si. The molecule has 2 heterocycles. The van der Waals surface area contributed by atoms with Crippen molar-refractivity contribution in [3.63, 3.8) is 0 Å². The highest BCUT2D eigenvalue weighted by Crippen LogP contribution is 2.47. The van der Waals surface area contributed by atoms with Crippen LogP contribution < -0.4 is 15.7 Å². The maximum atomic E-state index is 7.84. The van der Waals surface area contributed by atoms with Gasteiger partial charge in [-0.1, -0.05) is 136 Å². The van der Waals surface area contributed by atoms with Crippen molar-refractivity contribution < 1.29 is 13.6 Å². The number of nitrogens with zero attached hydrogens (tertiary/aromatic N) is 1. The van der Waals surface area contributed by atoms with Crippen LogP contribution >= 0.6 is 0 Å². The Hall–Kier alpha value is -4.49. The number of hydrogen-bond acceptors (Lipinski definition) is 5. The van der Waals surface area contributed by atoms with Crippen LogP contribution in [0.15, 0.2) is 138 Å². The molecule has 2 aliphatic carbocycles. The van der Waals surface area contributed by atoms with Crippen LogP contribution in [-0.4, -0.2) is 26.0 Å². The van der Waals surface area contributed by atoms with Gasteiger partial charge in [0.2, 0.25) is 0 Å². The highest BCUT2D eigenvalue weighted by molar-refractivity contribution is 6.99. The van der Waals surface area contributed by atoms with Crippen LogP contribution in [0, 0.1) is 5.92 Å². The molecule has 0 radical (unpaired) electrons. The highest BCUT2D eigenvalue weighted by Gasteiger charge is 2.53. The maximum absolute atomic E-state index is 7.84. The van der Waals surface area contributed by atoms with Crippen molar-refractivity contribution in [1.29, 1.82) is 0 Å². The van der Waals surface area contributed by atoms with Gasteiger partial charge in [0, 0.05) is 17.7 Å². The summed E-state index contributed by atoms with van der Waals surface area (Å²) in [6, 6.07) is 43.5. The van der Waals surface area contributed by atoms with Crippen molar-refractivity contribution in [2.75, 3.05) is 11.9 Å². The fraction of sp³-hybridized carbons (Fsp3) is 0.311. The van der Waals surface area contributed by atoms with E-state index in [4.69, 9.17) is 18.6 Å². The molecule has 2 aliphatic rings. The fourth-order valence-electron chi connectivity index (χ4n) is 8.74. The normalized spacial score (nSPS) is 20.5. The summed E-state index contributed by atoms with van der Waals surface area (Å²) in [4.78, 5) is 5.09. The number of aromatic nitrogens is 1. The number of aryl methyl sites for hydroxylation is 1. The van der Waals surface area contributed by atoms with E-state index in [-0.39, 0.29) is 29.0 Å². The highest BCUT2D eigenvalue weighted by atomic mass is 28.4. The summed E-state index contributed by atoms with van der Waals surface area (Å²) in [6.45, 7) is 8.29. The van der Waals surface area contributed by atoms with Crippen LogP contribution in [0.3, 0.4) is 0 Å². The summed E-state index contributed by atoms with van der Waals surface area (Å²) in [5.41, 5.74) is 6.07. The topological polar surface area (TPSA) is 56.5 Å². The summed E-state index contributed by atoms with van der Waals surface area (Å²) in [6.07, 6.45) is 7.85. The van der Waals surface area contributed by atoms with E-state index in [0.717, 1.165) is 48.0 Å². The number of benzene rings is 4. The van der Waals surface area contributed by atoms with Crippen LogP contribution in [0.25, 0.3) is 11.0 Å². The number of ether oxygens (including phenoxy) is 1. The molecule has 51 heavy (non-hydrogen) atoms. The second kappa shape index (κ2) is 14.3. The minimum absolute atomic E-state index is 0.00474. The number of hydrogen-bond donors (Lipinski definition) is 1. The lowest BCUT2D eigenvalue weighted by Gasteiger charge is -2.45. The smallest absolute Gasteiger partial charge is 0.261 e. The van der Waals surface area contributed by atoms with Crippen LogP contribution in [0.2, 0.25) is 5.04 Å². The molecule has 1 fully saturated rings. The summed E-state index contributed by atoms with van der Waals surface area (Å²) < 4.78 is 20.6. The van der Waals surface area contributed by atoms with Crippen LogP contribution in [0.4, 0.5) is 5.82 Å². The van der Waals surface area contributed by atoms with Crippen molar-refractivity contribution in [2.24, 2.45) is 5.92 Å². The first-order valence-corrected chi connectivity index (χ1v) is 20.4. The molecule has 2 aromatic heterocycles. The second-order valence-electron chi connectivity index (χ2n) is 15.4. The van der Waals surface area contributed by atoms with Crippen molar-refractivity contribution in [2.45, 2.75) is 76.2 Å². The lowest BCUT2D eigenvalue weighted by molar-refractivity contribution is 0.0427. The molecule has 6 heteroatoms. The Bertz CT molecular complexity index is 2020. The van der Waals surface area contributed by atoms with Gasteiger partial charge in [-0.25, -0.2) is 4.98 Å². The summed E-state index contributed by atoms with van der Waals surface area (Å²) in [5, 5.41) is 7.31. The van der Waals surface area contributed by atoms with Crippen LogP contribution in [-0.2, 0) is 22.2 Å². The van der Waals surface area contributed by atoms with Gasteiger partial charge in [-0.15, -0.1) is 0 Å². The van der Waals surface area contributed by atoms with E-state index in [1.54, 1.807) is 0 Å². The van der Waals surface area contributed by atoms with E-state index >= 15 is 0 Å². The van der Waals surface area contributed by atoms with Gasteiger partial charge in [0.1, 0.15) is 11.4 Å². The molecule has 0 bridgehead atoms. The molecule has 0 spiro atoms. The molecule has 0 saturated heterocycles. The number of furan rings is 1. The first-order valence-electron chi connectivity index (χ1n) is 18.5. The Balaban J connectivity index is 1.13. The first kappa shape index (κ1) is 33.6. The van der Waals surface area contributed by atoms with Gasteiger partial charge in [-0.3, -0.25) is 0 Å². The molecule has 6 aromatic rings. The number of nitrogens with one attached hydrogen (secondary N) is 1. The van der Waals surface area contributed by atoms with Crippen molar-refractivity contribution in [3.8, 4) is 0 Å². The molecule has 1 saturated carbocycles. The van der Waals surface area contributed by atoms with Crippen molar-refractivity contribution in [1.82, 2.24) is 4.98 Å². The Morgan fingerprint density at radius 3 is 2.16 bits per heavy atom. The molecule has 0 aliphatic heterocycles. The standard InChI is InChI=1S/C45H48N2O3Si/c1-45(2,3)51(36-18-9-5-10-19-36,37-20-11-6-12-21-37)50-42-28-34(27-35(42)31-48-30-32-15-7-4-8-16-32)40-29-46-44(39-25-26-49-43(39)40)47-41-24-23-33-17-13-14-22-38(33)41/h4-22,25-26,29,34-35,41-42H,23-24,27-28,30-31H2,1-3H3,(H,46,47)/t34-,35-,41-,42+/m0/s1. The van der Waals surface area contributed by atoms with Crippen molar-refractivity contribution in [3.05, 3.63) is 156 Å². The zero-order valence-corrected chi connectivity index (χ0v) is 30.9. The minimum atomic E-state index is -2.79. The number of anilines is 1. The van der Waals surface area contributed by atoms with E-state index in [1.165, 1.54) is 27.1 Å². The zero-order valence-electron chi connectivity index (χ0n) is 29.9. The van der Waals surface area contributed by atoms with E-state index in [2.05, 4.69) is 154 Å². The van der Waals surface area contributed by atoms with Crippen LogP contribution in [0.1, 0.15) is 74.2 Å². The Morgan fingerprint density at radius 2 is 1.45 bits per heavy atom. The average Bonchev–Trinajstić information content (AvgIpc) is 3.91. The minimum Gasteiger partial charge on any atom is -0.464 e. The lowest BCUT2D eigenvalue weighted by Crippen LogP contribution is -2.68. The van der Waals surface area contributed by atoms with Crippen LogP contribution in [0.5, 0.6) is 0 Å². The number of fused-ring (bicyclic) bond motifs is 2. The quantitative estimate of drug-likeness (QED) is 0.137. The first-order chi connectivity index (χ1) is 24.9. The molecule has 260 valence electrons. The molecule has 0 unspecified atom stereocenters.